The maximum Gasteiger partial charge on any atom is 0.337 e. The lowest BCUT2D eigenvalue weighted by Crippen LogP contribution is -2.61. The summed E-state index contributed by atoms with van der Waals surface area (Å²) in [6.45, 7) is 2.06. The molecule has 40 heavy (non-hydrogen) atoms. The first-order chi connectivity index (χ1) is 19.4. The number of esters is 1. The average Bonchev–Trinajstić information content (AvgIpc) is 3.27. The Bertz CT molecular complexity index is 1470. The number of ether oxygens (including phenoxy) is 1. The fourth-order valence-electron chi connectivity index (χ4n) is 6.89. The largest absolute Gasteiger partial charge is 0.465 e. The molecule has 8 nitrogen and oxygen atoms in total. The molecule has 1 saturated heterocycles. The summed E-state index contributed by atoms with van der Waals surface area (Å²) in [5, 5.41) is 1.12. The van der Waals surface area contributed by atoms with E-state index in [9.17, 15) is 14.4 Å². The van der Waals surface area contributed by atoms with Gasteiger partial charge in [-0.15, -0.1) is 0 Å². The van der Waals surface area contributed by atoms with E-state index in [4.69, 9.17) is 4.74 Å². The van der Waals surface area contributed by atoms with Gasteiger partial charge in [0.1, 0.15) is 6.04 Å². The van der Waals surface area contributed by atoms with Crippen LogP contribution in [0.2, 0.25) is 0 Å². The molecule has 1 aliphatic carbocycles. The Morgan fingerprint density at radius 3 is 2.55 bits per heavy atom. The SMILES string of the molecule is COC(=O)c1ccc2c(C3CCCCC3)c3n(c2c1)CC1C(=O)N(CCN(C)C)CC(=O)N1Cc1ccccc1-3. The molecule has 1 atom stereocenters. The van der Waals surface area contributed by atoms with Crippen molar-refractivity contribution in [3.8, 4) is 11.3 Å². The van der Waals surface area contributed by atoms with Crippen molar-refractivity contribution >= 4 is 28.7 Å². The van der Waals surface area contributed by atoms with Crippen molar-refractivity contribution in [2.45, 2.75) is 57.2 Å². The van der Waals surface area contributed by atoms with Crippen LogP contribution in [0.25, 0.3) is 22.2 Å². The number of aromatic nitrogens is 1. The number of carbonyl (C=O) groups excluding carboxylic acids is 3. The lowest BCUT2D eigenvalue weighted by Gasteiger charge is -2.42. The van der Waals surface area contributed by atoms with Gasteiger partial charge in [0.2, 0.25) is 11.8 Å². The smallest absolute Gasteiger partial charge is 0.337 e. The van der Waals surface area contributed by atoms with Crippen molar-refractivity contribution in [3.63, 3.8) is 0 Å². The number of hydrogen-bond donors (Lipinski definition) is 0. The van der Waals surface area contributed by atoms with Crippen molar-refractivity contribution in [2.24, 2.45) is 0 Å². The van der Waals surface area contributed by atoms with E-state index in [1.165, 1.54) is 31.9 Å². The molecule has 0 bridgehead atoms. The van der Waals surface area contributed by atoms with E-state index >= 15 is 0 Å². The second kappa shape index (κ2) is 10.7. The van der Waals surface area contributed by atoms with Crippen molar-refractivity contribution in [1.82, 2.24) is 19.3 Å². The van der Waals surface area contributed by atoms with Gasteiger partial charge in [-0.25, -0.2) is 4.79 Å². The Balaban J connectivity index is 1.57. The molecule has 1 unspecified atom stereocenters. The molecule has 8 heteroatoms. The number of hydrogen-bond acceptors (Lipinski definition) is 5. The highest BCUT2D eigenvalue weighted by Crippen LogP contribution is 2.46. The minimum atomic E-state index is -0.618. The summed E-state index contributed by atoms with van der Waals surface area (Å²) in [4.78, 5) is 45.7. The molecule has 2 fully saturated rings. The molecule has 6 rings (SSSR count). The van der Waals surface area contributed by atoms with Gasteiger partial charge in [0.05, 0.1) is 31.5 Å². The number of methoxy groups -OCH3 is 1. The van der Waals surface area contributed by atoms with E-state index in [1.54, 1.807) is 9.80 Å². The Morgan fingerprint density at radius 2 is 1.80 bits per heavy atom. The fraction of sp³-hybridized carbons (Fsp3) is 0.469. The molecule has 210 valence electrons. The molecule has 3 aliphatic rings. The molecule has 3 heterocycles. The van der Waals surface area contributed by atoms with Crippen LogP contribution in [0.3, 0.4) is 0 Å². The molecule has 2 aromatic carbocycles. The molecular formula is C32H38N4O4. The molecule has 0 spiro atoms. The van der Waals surface area contributed by atoms with E-state index in [-0.39, 0.29) is 24.3 Å². The highest BCUT2D eigenvalue weighted by atomic mass is 16.5. The topological polar surface area (TPSA) is 75.1 Å². The minimum Gasteiger partial charge on any atom is -0.465 e. The first-order valence-electron chi connectivity index (χ1n) is 14.4. The first-order valence-corrected chi connectivity index (χ1v) is 14.4. The molecular weight excluding hydrogens is 504 g/mol. The molecule has 0 N–H and O–H groups in total. The number of piperazine rings is 1. The van der Waals surface area contributed by atoms with Gasteiger partial charge in [-0.3, -0.25) is 9.59 Å². The van der Waals surface area contributed by atoms with Crippen molar-refractivity contribution in [2.75, 3.05) is 40.8 Å². The molecule has 1 saturated carbocycles. The second-order valence-corrected chi connectivity index (χ2v) is 11.7. The highest BCUT2D eigenvalue weighted by molar-refractivity contribution is 6.00. The second-order valence-electron chi connectivity index (χ2n) is 11.7. The van der Waals surface area contributed by atoms with E-state index in [0.717, 1.165) is 40.6 Å². The summed E-state index contributed by atoms with van der Waals surface area (Å²) < 4.78 is 7.29. The lowest BCUT2D eigenvalue weighted by molar-refractivity contribution is -0.157. The van der Waals surface area contributed by atoms with Crippen LogP contribution in [0.15, 0.2) is 42.5 Å². The number of carbonyl (C=O) groups is 3. The summed E-state index contributed by atoms with van der Waals surface area (Å²) in [5.74, 6) is -0.0264. The predicted molar refractivity (Wildman–Crippen MR) is 154 cm³/mol. The van der Waals surface area contributed by atoms with Crippen LogP contribution < -0.4 is 0 Å². The van der Waals surface area contributed by atoms with Crippen LogP contribution in [0, 0.1) is 0 Å². The fourth-order valence-corrected chi connectivity index (χ4v) is 6.89. The van der Waals surface area contributed by atoms with Gasteiger partial charge < -0.3 is 24.0 Å². The van der Waals surface area contributed by atoms with Crippen molar-refractivity contribution in [3.05, 3.63) is 59.2 Å². The van der Waals surface area contributed by atoms with Crippen molar-refractivity contribution < 1.29 is 19.1 Å². The van der Waals surface area contributed by atoms with E-state index < -0.39 is 6.04 Å². The summed E-state index contributed by atoms with van der Waals surface area (Å²) in [5.41, 5.74) is 5.99. The Labute approximate surface area is 235 Å². The van der Waals surface area contributed by atoms with Gasteiger partial charge in [-0.05, 0) is 56.1 Å². The standard InChI is InChI=1S/C32H38N4O4/c1-33(2)15-16-34-20-28(37)35-18-23-11-7-8-12-24(23)30-29(21-9-5-4-6-10-21)25-14-13-22(32(39)40-3)17-26(25)36(30)19-27(35)31(34)38/h7-8,11-14,17,21,27H,4-6,9-10,15-16,18-20H2,1-3H3. The number of fused-ring (bicyclic) bond motifs is 6. The number of rotatable bonds is 5. The van der Waals surface area contributed by atoms with E-state index in [1.807, 2.05) is 37.2 Å². The van der Waals surface area contributed by atoms with Crippen LogP contribution >= 0.6 is 0 Å². The van der Waals surface area contributed by atoms with Gasteiger partial charge >= 0.3 is 5.97 Å². The summed E-state index contributed by atoms with van der Waals surface area (Å²) in [7, 11) is 5.34. The van der Waals surface area contributed by atoms with Gasteiger partial charge in [-0.1, -0.05) is 49.6 Å². The highest BCUT2D eigenvalue weighted by Gasteiger charge is 2.42. The maximum atomic E-state index is 14.0. The summed E-state index contributed by atoms with van der Waals surface area (Å²) in [6, 6.07) is 13.5. The maximum absolute atomic E-state index is 14.0. The summed E-state index contributed by atoms with van der Waals surface area (Å²) in [6.07, 6.45) is 5.90. The zero-order chi connectivity index (χ0) is 28.0. The Kier molecular flexibility index (Phi) is 7.13. The monoisotopic (exact) mass is 542 g/mol. The molecule has 2 amide bonds. The van der Waals surface area contributed by atoms with Gasteiger partial charge in [0.15, 0.2) is 0 Å². The molecule has 2 aliphatic heterocycles. The zero-order valence-corrected chi connectivity index (χ0v) is 23.7. The van der Waals surface area contributed by atoms with Crippen LogP contribution in [0.5, 0.6) is 0 Å². The van der Waals surface area contributed by atoms with Gasteiger partial charge in [0.25, 0.3) is 0 Å². The van der Waals surface area contributed by atoms with Crippen LogP contribution in [-0.2, 0) is 27.4 Å². The third-order valence-corrected chi connectivity index (χ3v) is 8.94. The quantitative estimate of drug-likeness (QED) is 0.451. The third kappa shape index (κ3) is 4.58. The van der Waals surface area contributed by atoms with Crippen LogP contribution in [-0.4, -0.2) is 83.9 Å². The first kappa shape index (κ1) is 26.6. The van der Waals surface area contributed by atoms with Gasteiger partial charge in [-0.2, -0.15) is 0 Å². The number of benzene rings is 2. The predicted octanol–water partition coefficient (Wildman–Crippen LogP) is 4.26. The van der Waals surface area contributed by atoms with Gasteiger partial charge in [0, 0.05) is 36.1 Å². The Hall–Kier alpha value is -3.65. The third-order valence-electron chi connectivity index (χ3n) is 8.94. The average molecular weight is 543 g/mol. The molecule has 3 aromatic rings. The Morgan fingerprint density at radius 1 is 1.02 bits per heavy atom. The van der Waals surface area contributed by atoms with E-state index in [0.29, 0.717) is 37.7 Å². The number of amides is 2. The van der Waals surface area contributed by atoms with Crippen LogP contribution in [0.1, 0.15) is 59.5 Å². The van der Waals surface area contributed by atoms with Crippen molar-refractivity contribution in [1.29, 1.82) is 0 Å². The summed E-state index contributed by atoms with van der Waals surface area (Å²) >= 11 is 0. The zero-order valence-electron chi connectivity index (χ0n) is 23.7. The van der Waals surface area contributed by atoms with Crippen LogP contribution in [0.4, 0.5) is 0 Å². The van der Waals surface area contributed by atoms with E-state index in [2.05, 4.69) is 28.8 Å². The molecule has 0 radical (unpaired) electrons. The lowest BCUT2D eigenvalue weighted by atomic mass is 9.81. The minimum absolute atomic E-state index is 0.0167. The number of likely N-dealkylation sites (N-methyl/N-ethyl adjacent to an activating group) is 1. The number of nitrogens with zero attached hydrogens (tertiary/aromatic N) is 4. The molecule has 1 aromatic heterocycles. The normalized spacial score (nSPS) is 19.8.